The molecule has 35 heavy (non-hydrogen) atoms. The molecule has 0 spiro atoms. The molecule has 1 aliphatic rings. The van der Waals surface area contributed by atoms with Gasteiger partial charge in [0, 0.05) is 42.1 Å². The minimum atomic E-state index is -0.452. The largest absolute Gasteiger partial charge is 0.494 e. The van der Waals surface area contributed by atoms with Gasteiger partial charge in [0.05, 0.1) is 35.0 Å². The molecule has 0 amide bonds. The van der Waals surface area contributed by atoms with Gasteiger partial charge in [-0.25, -0.2) is 4.39 Å². The second-order valence-corrected chi connectivity index (χ2v) is 9.92. The molecule has 1 N–H and O–H groups in total. The maximum atomic E-state index is 16.6. The molecular weight excluding hydrogens is 445 g/mol. The van der Waals surface area contributed by atoms with Crippen molar-refractivity contribution in [2.45, 2.75) is 45.8 Å². The minimum Gasteiger partial charge on any atom is -0.494 e. The summed E-state index contributed by atoms with van der Waals surface area (Å²) in [4.78, 5) is 21.4. The number of halogens is 1. The predicted octanol–water partition coefficient (Wildman–Crippen LogP) is 4.77. The quantitative estimate of drug-likeness (QED) is 0.462. The molecule has 7 nitrogen and oxygen atoms in total. The fourth-order valence-electron chi connectivity index (χ4n) is 5.48. The molecule has 0 unspecified atom stereocenters. The zero-order valence-corrected chi connectivity index (χ0v) is 20.9. The summed E-state index contributed by atoms with van der Waals surface area (Å²) in [5, 5.41) is 10.8. The Hall–Kier alpha value is -3.57. The molecule has 1 fully saturated rings. The highest BCUT2D eigenvalue weighted by Gasteiger charge is 2.32. The smallest absolute Gasteiger partial charge is 0.199 e. The van der Waals surface area contributed by atoms with Crippen LogP contribution in [-0.4, -0.2) is 53.8 Å². The number of nitrogens with one attached hydrogen (secondary N) is 1. The van der Waals surface area contributed by atoms with Crippen LogP contribution in [0.1, 0.15) is 39.3 Å². The van der Waals surface area contributed by atoms with Crippen LogP contribution in [0.2, 0.25) is 0 Å². The summed E-state index contributed by atoms with van der Waals surface area (Å²) >= 11 is 0. The average molecular weight is 476 g/mol. The van der Waals surface area contributed by atoms with Gasteiger partial charge in [0.15, 0.2) is 11.2 Å². The van der Waals surface area contributed by atoms with E-state index in [1.54, 1.807) is 24.3 Å². The number of ether oxygens (including phenoxy) is 1. The zero-order valence-electron chi connectivity index (χ0n) is 20.9. The standard InChI is InChI=1S/C27H30FN5O2/c1-14(2)33-24-19(26(34)22-18-8-7-17(11-29)9-20(18)30-27(22)33)10-21(35-6)25(23(24)28)32-12-15(3)31(5)16(4)13-32/h7-10,14-16,30H,12-13H2,1-6H3/t15-,16+. The molecule has 0 saturated carbocycles. The average Bonchev–Trinajstić information content (AvgIpc) is 3.20. The lowest BCUT2D eigenvalue weighted by Gasteiger charge is -2.44. The van der Waals surface area contributed by atoms with Crippen molar-refractivity contribution >= 4 is 38.5 Å². The second-order valence-electron chi connectivity index (χ2n) is 9.92. The van der Waals surface area contributed by atoms with Gasteiger partial charge in [-0.15, -0.1) is 0 Å². The van der Waals surface area contributed by atoms with Crippen molar-refractivity contribution in [1.82, 2.24) is 14.5 Å². The normalized spacial score (nSPS) is 19.2. The van der Waals surface area contributed by atoms with Crippen molar-refractivity contribution in [2.75, 3.05) is 32.1 Å². The molecule has 1 saturated heterocycles. The van der Waals surface area contributed by atoms with E-state index in [0.29, 0.717) is 52.0 Å². The lowest BCUT2D eigenvalue weighted by Crippen LogP contribution is -2.55. The molecule has 2 aromatic heterocycles. The first-order valence-electron chi connectivity index (χ1n) is 11.9. The highest BCUT2D eigenvalue weighted by atomic mass is 19.1. The van der Waals surface area contributed by atoms with E-state index in [9.17, 15) is 10.1 Å². The molecule has 1 aliphatic heterocycles. The van der Waals surface area contributed by atoms with E-state index < -0.39 is 5.82 Å². The summed E-state index contributed by atoms with van der Waals surface area (Å²) in [5.74, 6) is -0.0929. The lowest BCUT2D eigenvalue weighted by molar-refractivity contribution is 0.169. The number of hydrogen-bond donors (Lipinski definition) is 1. The first kappa shape index (κ1) is 23.2. The highest BCUT2D eigenvalue weighted by Crippen LogP contribution is 2.40. The third-order valence-corrected chi connectivity index (χ3v) is 7.45. The van der Waals surface area contributed by atoms with Crippen molar-refractivity contribution in [3.8, 4) is 11.8 Å². The number of benzene rings is 2. The SMILES string of the molecule is COc1cc2c(=O)c3c4ccc(C#N)cc4[nH]c3n(C(C)C)c2c(F)c1N1C[C@@H](C)N(C)[C@@H](C)C1. The van der Waals surface area contributed by atoms with Crippen LogP contribution in [0.15, 0.2) is 29.1 Å². The van der Waals surface area contributed by atoms with Crippen molar-refractivity contribution < 1.29 is 9.13 Å². The number of aromatic nitrogens is 2. The van der Waals surface area contributed by atoms with Gasteiger partial charge >= 0.3 is 0 Å². The Morgan fingerprint density at radius 3 is 2.46 bits per heavy atom. The number of methoxy groups -OCH3 is 1. The Morgan fingerprint density at radius 2 is 1.86 bits per heavy atom. The Bertz CT molecular complexity index is 1570. The molecule has 0 radical (unpaired) electrons. The number of fused-ring (bicyclic) bond motifs is 4. The van der Waals surface area contributed by atoms with Gasteiger partial charge in [0.2, 0.25) is 0 Å². The number of nitriles is 1. The number of rotatable bonds is 3. The second kappa shape index (κ2) is 8.28. The number of anilines is 1. The maximum Gasteiger partial charge on any atom is 0.199 e. The van der Waals surface area contributed by atoms with Crippen molar-refractivity contribution in [3.05, 3.63) is 45.9 Å². The molecule has 5 rings (SSSR count). The third-order valence-electron chi connectivity index (χ3n) is 7.45. The summed E-state index contributed by atoms with van der Waals surface area (Å²) in [5.41, 5.74) is 2.12. The third kappa shape index (κ3) is 3.37. The summed E-state index contributed by atoms with van der Waals surface area (Å²) in [7, 11) is 3.60. The van der Waals surface area contributed by atoms with E-state index in [4.69, 9.17) is 4.74 Å². The number of piperazine rings is 1. The fourth-order valence-corrected chi connectivity index (χ4v) is 5.48. The Kier molecular flexibility index (Phi) is 5.48. The molecule has 8 heteroatoms. The lowest BCUT2D eigenvalue weighted by atomic mass is 10.0. The van der Waals surface area contributed by atoms with Crippen LogP contribution in [0, 0.1) is 17.1 Å². The van der Waals surface area contributed by atoms with Crippen LogP contribution in [0.25, 0.3) is 32.8 Å². The van der Waals surface area contributed by atoms with E-state index >= 15 is 4.39 Å². The molecule has 2 aromatic carbocycles. The fraction of sp³-hybridized carbons (Fsp3) is 0.407. The molecule has 0 aliphatic carbocycles. The minimum absolute atomic E-state index is 0.134. The Labute approximate surface area is 203 Å². The molecule has 0 bridgehead atoms. The highest BCUT2D eigenvalue weighted by molar-refractivity contribution is 6.10. The van der Waals surface area contributed by atoms with Crippen LogP contribution < -0.4 is 15.1 Å². The van der Waals surface area contributed by atoms with Crippen LogP contribution in [0.5, 0.6) is 5.75 Å². The van der Waals surface area contributed by atoms with Gasteiger partial charge < -0.3 is 19.2 Å². The number of likely N-dealkylation sites (N-methyl/N-ethyl adjacent to an activating group) is 1. The van der Waals surface area contributed by atoms with Crippen LogP contribution in [-0.2, 0) is 0 Å². The van der Waals surface area contributed by atoms with Gasteiger partial charge in [-0.1, -0.05) is 6.07 Å². The molecule has 2 atom stereocenters. The van der Waals surface area contributed by atoms with E-state index in [-0.39, 0.29) is 34.5 Å². The summed E-state index contributed by atoms with van der Waals surface area (Å²) in [6, 6.07) is 9.34. The molecule has 182 valence electrons. The maximum absolute atomic E-state index is 16.6. The number of hydrogen-bond acceptors (Lipinski definition) is 5. The van der Waals surface area contributed by atoms with Gasteiger partial charge in [-0.05, 0) is 52.9 Å². The van der Waals surface area contributed by atoms with E-state index in [1.165, 1.54) is 7.11 Å². The number of pyridine rings is 1. The van der Waals surface area contributed by atoms with Gasteiger partial charge in [-0.3, -0.25) is 9.69 Å². The van der Waals surface area contributed by atoms with E-state index in [0.717, 1.165) is 0 Å². The number of nitrogens with zero attached hydrogens (tertiary/aromatic N) is 4. The molecular formula is C27H30FN5O2. The van der Waals surface area contributed by atoms with Gasteiger partial charge in [0.1, 0.15) is 17.1 Å². The Balaban J connectivity index is 1.90. The van der Waals surface area contributed by atoms with Crippen LogP contribution in [0.3, 0.4) is 0 Å². The Morgan fingerprint density at radius 1 is 1.17 bits per heavy atom. The van der Waals surface area contributed by atoms with Crippen molar-refractivity contribution in [3.63, 3.8) is 0 Å². The van der Waals surface area contributed by atoms with E-state index in [2.05, 4.69) is 36.8 Å². The molecule has 4 aromatic rings. The van der Waals surface area contributed by atoms with Crippen molar-refractivity contribution in [1.29, 1.82) is 5.26 Å². The summed E-state index contributed by atoms with van der Waals surface area (Å²) in [6.07, 6.45) is 0. The van der Waals surface area contributed by atoms with Crippen LogP contribution in [0.4, 0.5) is 10.1 Å². The number of H-pyrrole nitrogens is 1. The topological polar surface area (TPSA) is 77.3 Å². The zero-order chi connectivity index (χ0) is 25.2. The first-order chi connectivity index (χ1) is 16.7. The monoisotopic (exact) mass is 475 g/mol. The van der Waals surface area contributed by atoms with Gasteiger partial charge in [0.25, 0.3) is 0 Å². The number of aromatic amines is 1. The summed E-state index contributed by atoms with van der Waals surface area (Å²) < 4.78 is 24.1. The van der Waals surface area contributed by atoms with Gasteiger partial charge in [-0.2, -0.15) is 5.26 Å². The van der Waals surface area contributed by atoms with Crippen molar-refractivity contribution in [2.24, 2.45) is 0 Å². The molecule has 3 heterocycles. The van der Waals surface area contributed by atoms with Crippen LogP contribution >= 0.6 is 0 Å². The first-order valence-corrected chi connectivity index (χ1v) is 11.9. The predicted molar refractivity (Wildman–Crippen MR) is 138 cm³/mol. The summed E-state index contributed by atoms with van der Waals surface area (Å²) in [6.45, 7) is 9.50. The van der Waals surface area contributed by atoms with E-state index in [1.807, 2.05) is 23.3 Å².